The van der Waals surface area contributed by atoms with Gasteiger partial charge in [-0.1, -0.05) is 31.5 Å². The van der Waals surface area contributed by atoms with Crippen LogP contribution in [-0.2, 0) is 9.53 Å². The highest BCUT2D eigenvalue weighted by molar-refractivity contribution is 7.19. The summed E-state index contributed by atoms with van der Waals surface area (Å²) in [5.41, 5.74) is 4.08. The minimum atomic E-state index is -0.714. The van der Waals surface area contributed by atoms with Crippen LogP contribution in [0, 0.1) is 20.8 Å². The molecular formula is C22H26N2O3S. The quantitative estimate of drug-likeness (QED) is 0.435. The smallest absolute Gasteiger partial charge is 0.328 e. The molecule has 0 fully saturated rings. The van der Waals surface area contributed by atoms with Gasteiger partial charge in [0.05, 0.1) is 18.3 Å². The number of fused-ring (bicyclic) bond motifs is 1. The first kappa shape index (κ1) is 20.3. The molecule has 0 saturated carbocycles. The fourth-order valence-electron chi connectivity index (χ4n) is 3.19. The predicted molar refractivity (Wildman–Crippen MR) is 114 cm³/mol. The summed E-state index contributed by atoms with van der Waals surface area (Å²) in [5.74, 6) is -0.406. The van der Waals surface area contributed by atoms with Crippen molar-refractivity contribution in [3.8, 4) is 11.1 Å². The second-order valence-corrected chi connectivity index (χ2v) is 8.37. The van der Waals surface area contributed by atoms with Crippen LogP contribution in [0.3, 0.4) is 0 Å². The molecule has 0 radical (unpaired) electrons. The van der Waals surface area contributed by atoms with Crippen LogP contribution in [0.1, 0.15) is 48.7 Å². The number of aromatic nitrogens is 2. The zero-order valence-electron chi connectivity index (χ0n) is 17.0. The molecule has 0 bridgehead atoms. The lowest BCUT2D eigenvalue weighted by atomic mass is 9.99. The second kappa shape index (κ2) is 8.27. The summed E-state index contributed by atoms with van der Waals surface area (Å²) in [6, 6.07) is 5.49. The molecule has 148 valence electrons. The Morgan fingerprint density at radius 1 is 1.25 bits per heavy atom. The summed E-state index contributed by atoms with van der Waals surface area (Å²) in [4.78, 5) is 31.8. The third-order valence-electron chi connectivity index (χ3n) is 5.11. The number of hydrogen-bond donors (Lipinski definition) is 0. The number of carbonyl (C=O) groups is 1. The molecule has 0 amide bonds. The molecule has 3 aromatic rings. The van der Waals surface area contributed by atoms with Gasteiger partial charge in [-0.05, 0) is 50.8 Å². The Labute approximate surface area is 169 Å². The van der Waals surface area contributed by atoms with E-state index in [1.165, 1.54) is 33.4 Å². The van der Waals surface area contributed by atoms with E-state index in [4.69, 9.17) is 4.74 Å². The number of ether oxygens (including phenoxy) is 1. The molecule has 1 atom stereocenters. The van der Waals surface area contributed by atoms with Crippen LogP contribution in [0.2, 0.25) is 0 Å². The van der Waals surface area contributed by atoms with Crippen molar-refractivity contribution in [1.82, 2.24) is 9.55 Å². The van der Waals surface area contributed by atoms with Crippen molar-refractivity contribution in [2.45, 2.75) is 53.5 Å². The molecule has 5 nitrogen and oxygen atoms in total. The lowest BCUT2D eigenvalue weighted by molar-refractivity contribution is -0.147. The zero-order valence-corrected chi connectivity index (χ0v) is 17.9. The number of hydrogen-bond acceptors (Lipinski definition) is 5. The van der Waals surface area contributed by atoms with E-state index in [0.29, 0.717) is 16.8 Å². The summed E-state index contributed by atoms with van der Waals surface area (Å²) in [7, 11) is 0. The molecule has 2 aromatic heterocycles. The molecule has 1 aromatic carbocycles. The van der Waals surface area contributed by atoms with E-state index in [1.54, 1.807) is 6.92 Å². The summed E-state index contributed by atoms with van der Waals surface area (Å²) < 4.78 is 6.67. The standard InChI is InChI=1S/C22H26N2O3S/c1-6-7-10-27-22(26)15(4)24-12-23-20-19(21(24)25)18(16(5)28-20)17-9-8-13(2)14(3)11-17/h8-9,11-12,15H,6-7,10H2,1-5H3. The summed E-state index contributed by atoms with van der Waals surface area (Å²) in [6.45, 7) is 10.2. The molecule has 0 aliphatic heterocycles. The molecule has 0 N–H and O–H groups in total. The Morgan fingerprint density at radius 3 is 2.68 bits per heavy atom. The molecule has 0 aliphatic carbocycles. The van der Waals surface area contributed by atoms with Gasteiger partial charge in [-0.3, -0.25) is 9.36 Å². The minimum Gasteiger partial charge on any atom is -0.464 e. The number of unbranched alkanes of at least 4 members (excludes halogenated alkanes) is 1. The average Bonchev–Trinajstić information content (AvgIpc) is 3.00. The van der Waals surface area contributed by atoms with Gasteiger partial charge in [-0.2, -0.15) is 0 Å². The van der Waals surface area contributed by atoms with E-state index in [2.05, 4.69) is 31.0 Å². The first-order valence-corrected chi connectivity index (χ1v) is 10.4. The third kappa shape index (κ3) is 3.74. The van der Waals surface area contributed by atoms with Crippen LogP contribution < -0.4 is 5.56 Å². The fourth-order valence-corrected chi connectivity index (χ4v) is 4.19. The molecule has 0 spiro atoms. The molecule has 6 heteroatoms. The highest BCUT2D eigenvalue weighted by Crippen LogP contribution is 2.36. The molecule has 1 unspecified atom stereocenters. The van der Waals surface area contributed by atoms with E-state index in [9.17, 15) is 9.59 Å². The van der Waals surface area contributed by atoms with Gasteiger partial charge in [0, 0.05) is 10.4 Å². The predicted octanol–water partition coefficient (Wildman–Crippen LogP) is 4.95. The first-order chi connectivity index (χ1) is 13.3. The van der Waals surface area contributed by atoms with Gasteiger partial charge in [0.15, 0.2) is 0 Å². The number of carbonyl (C=O) groups excluding carboxylic acids is 1. The van der Waals surface area contributed by atoms with Gasteiger partial charge in [-0.15, -0.1) is 11.3 Å². The van der Waals surface area contributed by atoms with Crippen LogP contribution >= 0.6 is 11.3 Å². The second-order valence-electron chi connectivity index (χ2n) is 7.17. The van der Waals surface area contributed by atoms with E-state index in [1.807, 2.05) is 19.9 Å². The largest absolute Gasteiger partial charge is 0.464 e. The van der Waals surface area contributed by atoms with Crippen LogP contribution in [0.5, 0.6) is 0 Å². The molecule has 2 heterocycles. The van der Waals surface area contributed by atoms with Crippen molar-refractivity contribution in [2.24, 2.45) is 0 Å². The van der Waals surface area contributed by atoms with Crippen molar-refractivity contribution >= 4 is 27.5 Å². The normalized spacial score (nSPS) is 12.3. The fraction of sp³-hybridized carbons (Fsp3) is 0.409. The summed E-state index contributed by atoms with van der Waals surface area (Å²) in [5, 5.41) is 0.571. The van der Waals surface area contributed by atoms with E-state index in [0.717, 1.165) is 28.8 Å². The van der Waals surface area contributed by atoms with Crippen LogP contribution in [0.15, 0.2) is 29.3 Å². The Balaban J connectivity index is 2.09. The molecular weight excluding hydrogens is 372 g/mol. The summed E-state index contributed by atoms with van der Waals surface area (Å²) in [6.07, 6.45) is 3.21. The number of esters is 1. The average molecular weight is 399 g/mol. The highest BCUT2D eigenvalue weighted by atomic mass is 32.1. The van der Waals surface area contributed by atoms with Gasteiger partial charge < -0.3 is 4.74 Å². The Hall–Kier alpha value is -2.47. The number of rotatable bonds is 6. The van der Waals surface area contributed by atoms with Gasteiger partial charge >= 0.3 is 5.97 Å². The van der Waals surface area contributed by atoms with Crippen molar-refractivity contribution in [3.63, 3.8) is 0 Å². The van der Waals surface area contributed by atoms with Crippen molar-refractivity contribution in [2.75, 3.05) is 6.61 Å². The van der Waals surface area contributed by atoms with E-state index in [-0.39, 0.29) is 5.56 Å². The Kier molecular flexibility index (Phi) is 5.98. The maximum atomic E-state index is 13.3. The van der Waals surface area contributed by atoms with Crippen molar-refractivity contribution in [3.05, 3.63) is 50.9 Å². The van der Waals surface area contributed by atoms with Crippen molar-refractivity contribution in [1.29, 1.82) is 0 Å². The number of thiophene rings is 1. The molecule has 3 rings (SSSR count). The number of aryl methyl sites for hydroxylation is 3. The van der Waals surface area contributed by atoms with Gasteiger partial charge in [0.25, 0.3) is 5.56 Å². The van der Waals surface area contributed by atoms with Gasteiger partial charge in [0.2, 0.25) is 0 Å². The Morgan fingerprint density at radius 2 is 2.00 bits per heavy atom. The van der Waals surface area contributed by atoms with E-state index < -0.39 is 12.0 Å². The molecule has 0 saturated heterocycles. The summed E-state index contributed by atoms with van der Waals surface area (Å²) >= 11 is 1.50. The SMILES string of the molecule is CCCCOC(=O)C(C)n1cnc2sc(C)c(-c3ccc(C)c(C)c3)c2c1=O. The van der Waals surface area contributed by atoms with Crippen LogP contribution in [-0.4, -0.2) is 22.1 Å². The maximum Gasteiger partial charge on any atom is 0.328 e. The van der Waals surface area contributed by atoms with Crippen molar-refractivity contribution < 1.29 is 9.53 Å². The van der Waals surface area contributed by atoms with Crippen LogP contribution in [0.4, 0.5) is 0 Å². The first-order valence-electron chi connectivity index (χ1n) is 9.59. The lowest BCUT2D eigenvalue weighted by Gasteiger charge is -2.14. The molecule has 0 aliphatic rings. The maximum absolute atomic E-state index is 13.3. The molecule has 28 heavy (non-hydrogen) atoms. The van der Waals surface area contributed by atoms with Crippen LogP contribution in [0.25, 0.3) is 21.3 Å². The highest BCUT2D eigenvalue weighted by Gasteiger charge is 2.22. The monoisotopic (exact) mass is 398 g/mol. The zero-order chi connectivity index (χ0) is 20.4. The van der Waals surface area contributed by atoms with Gasteiger partial charge in [-0.25, -0.2) is 9.78 Å². The lowest BCUT2D eigenvalue weighted by Crippen LogP contribution is -2.29. The van der Waals surface area contributed by atoms with Gasteiger partial charge in [0.1, 0.15) is 10.9 Å². The topological polar surface area (TPSA) is 61.2 Å². The minimum absolute atomic E-state index is 0.206. The Bertz CT molecular complexity index is 1080. The number of nitrogens with zero attached hydrogens (tertiary/aromatic N) is 2. The van der Waals surface area contributed by atoms with E-state index >= 15 is 0 Å². The third-order valence-corrected chi connectivity index (χ3v) is 6.12. The number of benzene rings is 1.